The number of rotatable bonds is 1. The van der Waals surface area contributed by atoms with Crippen LogP contribution in [0.1, 0.15) is 63.4 Å². The fraction of sp³-hybridized carbons (Fsp3) is 0.542. The lowest BCUT2D eigenvalue weighted by Crippen LogP contribution is -2.45. The standard InChI is InChI=1S/C24H29NO2/c1-24-13-20(14-2-5-16(25)6-3-14)23-18-9-7-17(26)12-15(18)4-8-19(23)21(24)10-11-22(24)27/h2-3,5-6,12,19-22,27H,4,7-11,13,25H2,1H3. The molecule has 3 N–H and O–H groups in total. The molecule has 2 saturated carbocycles. The second-order valence-corrected chi connectivity index (χ2v) is 9.34. The molecule has 0 radical (unpaired) electrons. The van der Waals surface area contributed by atoms with E-state index in [1.165, 1.54) is 16.7 Å². The minimum atomic E-state index is -0.199. The lowest BCUT2D eigenvalue weighted by atomic mass is 9.53. The van der Waals surface area contributed by atoms with E-state index in [1.54, 1.807) is 5.57 Å². The molecule has 1 aromatic rings. The quantitative estimate of drug-likeness (QED) is 0.721. The van der Waals surface area contributed by atoms with Crippen LogP contribution in [0.15, 0.2) is 47.1 Å². The van der Waals surface area contributed by atoms with Gasteiger partial charge in [0, 0.05) is 18.0 Å². The summed E-state index contributed by atoms with van der Waals surface area (Å²) in [5.74, 6) is 1.73. The van der Waals surface area contributed by atoms with E-state index in [4.69, 9.17) is 5.73 Å². The van der Waals surface area contributed by atoms with E-state index in [1.807, 2.05) is 18.2 Å². The van der Waals surface area contributed by atoms with Gasteiger partial charge in [0.15, 0.2) is 5.78 Å². The van der Waals surface area contributed by atoms with Gasteiger partial charge in [0.2, 0.25) is 0 Å². The molecule has 3 heteroatoms. The van der Waals surface area contributed by atoms with Gasteiger partial charge >= 0.3 is 0 Å². The molecule has 1 aromatic carbocycles. The number of benzene rings is 1. The van der Waals surface area contributed by atoms with Crippen LogP contribution in [-0.4, -0.2) is 17.0 Å². The van der Waals surface area contributed by atoms with Gasteiger partial charge in [0.25, 0.3) is 0 Å². The van der Waals surface area contributed by atoms with Gasteiger partial charge in [-0.1, -0.05) is 24.6 Å². The highest BCUT2D eigenvalue weighted by atomic mass is 16.3. The smallest absolute Gasteiger partial charge is 0.156 e. The van der Waals surface area contributed by atoms with E-state index in [2.05, 4.69) is 19.1 Å². The van der Waals surface area contributed by atoms with E-state index in [-0.39, 0.29) is 17.3 Å². The summed E-state index contributed by atoms with van der Waals surface area (Å²) < 4.78 is 0. The lowest BCUT2D eigenvalue weighted by Gasteiger charge is -2.52. The van der Waals surface area contributed by atoms with Gasteiger partial charge in [-0.2, -0.15) is 0 Å². The Bertz CT molecular complexity index is 850. The molecule has 5 unspecified atom stereocenters. The average molecular weight is 364 g/mol. The number of aliphatic hydroxyl groups is 1. The number of allylic oxidation sites excluding steroid dienone is 4. The maximum Gasteiger partial charge on any atom is 0.156 e. The van der Waals surface area contributed by atoms with Crippen molar-refractivity contribution in [2.24, 2.45) is 17.3 Å². The minimum absolute atomic E-state index is 0.00746. The van der Waals surface area contributed by atoms with E-state index in [0.717, 1.165) is 44.2 Å². The number of nitrogen functional groups attached to an aromatic ring is 1. The van der Waals surface area contributed by atoms with Crippen molar-refractivity contribution < 1.29 is 9.90 Å². The van der Waals surface area contributed by atoms with Crippen LogP contribution in [0.2, 0.25) is 0 Å². The second-order valence-electron chi connectivity index (χ2n) is 9.34. The number of fused-ring (bicyclic) bond motifs is 4. The predicted octanol–water partition coefficient (Wildman–Crippen LogP) is 4.53. The van der Waals surface area contributed by atoms with Gasteiger partial charge in [-0.25, -0.2) is 0 Å². The molecule has 0 amide bonds. The van der Waals surface area contributed by atoms with Crippen LogP contribution in [-0.2, 0) is 4.79 Å². The van der Waals surface area contributed by atoms with Gasteiger partial charge in [-0.3, -0.25) is 4.79 Å². The Morgan fingerprint density at radius 3 is 2.63 bits per heavy atom. The SMILES string of the molecule is CC12CC(c3ccc(N)cc3)C3=C4CCC(=O)C=C4CCC3C1CCC2O. The summed E-state index contributed by atoms with van der Waals surface area (Å²) in [6.45, 7) is 2.32. The van der Waals surface area contributed by atoms with Crippen LogP contribution in [0.5, 0.6) is 0 Å². The molecule has 2 fully saturated rings. The summed E-state index contributed by atoms with van der Waals surface area (Å²) >= 11 is 0. The first-order valence-electron chi connectivity index (χ1n) is 10.5. The molecular weight excluding hydrogens is 334 g/mol. The molecule has 0 heterocycles. The number of hydrogen-bond donors (Lipinski definition) is 2. The third-order valence-electron chi connectivity index (χ3n) is 8.02. The summed E-state index contributed by atoms with van der Waals surface area (Å²) in [6, 6.07) is 8.33. The Hall–Kier alpha value is -1.87. The molecule has 4 aliphatic carbocycles. The molecule has 142 valence electrons. The predicted molar refractivity (Wildman–Crippen MR) is 107 cm³/mol. The molecule has 0 saturated heterocycles. The topological polar surface area (TPSA) is 63.3 Å². The van der Waals surface area contributed by atoms with Gasteiger partial charge < -0.3 is 10.8 Å². The third-order valence-corrected chi connectivity index (χ3v) is 8.02. The average Bonchev–Trinajstić information content (AvgIpc) is 2.96. The van der Waals surface area contributed by atoms with Crippen LogP contribution in [0, 0.1) is 17.3 Å². The van der Waals surface area contributed by atoms with Crippen molar-refractivity contribution >= 4 is 11.5 Å². The first kappa shape index (κ1) is 17.2. The fourth-order valence-corrected chi connectivity index (χ4v) is 6.66. The lowest BCUT2D eigenvalue weighted by molar-refractivity contribution is -0.114. The van der Waals surface area contributed by atoms with E-state index < -0.39 is 0 Å². The highest BCUT2D eigenvalue weighted by molar-refractivity contribution is 5.93. The maximum absolute atomic E-state index is 12.0. The number of hydrogen-bond acceptors (Lipinski definition) is 3. The van der Waals surface area contributed by atoms with Crippen LogP contribution < -0.4 is 5.73 Å². The van der Waals surface area contributed by atoms with Gasteiger partial charge in [-0.05, 0) is 90.7 Å². The molecule has 4 aliphatic rings. The highest BCUT2D eigenvalue weighted by Crippen LogP contribution is 2.63. The number of anilines is 1. The largest absolute Gasteiger partial charge is 0.399 e. The van der Waals surface area contributed by atoms with Crippen molar-refractivity contribution in [2.75, 3.05) is 5.73 Å². The van der Waals surface area contributed by atoms with Crippen molar-refractivity contribution in [3.05, 3.63) is 52.6 Å². The number of carbonyl (C=O) groups is 1. The maximum atomic E-state index is 12.0. The molecule has 0 aromatic heterocycles. The fourth-order valence-electron chi connectivity index (χ4n) is 6.66. The van der Waals surface area contributed by atoms with Crippen LogP contribution in [0.3, 0.4) is 0 Å². The number of aliphatic hydroxyl groups excluding tert-OH is 1. The zero-order valence-corrected chi connectivity index (χ0v) is 16.1. The summed E-state index contributed by atoms with van der Waals surface area (Å²) in [5, 5.41) is 10.9. The molecule has 0 bridgehead atoms. The van der Waals surface area contributed by atoms with Crippen LogP contribution >= 0.6 is 0 Å². The molecule has 5 atom stereocenters. The number of nitrogens with two attached hydrogens (primary N) is 1. The summed E-state index contributed by atoms with van der Waals surface area (Å²) in [6.07, 6.45) is 8.46. The van der Waals surface area contributed by atoms with Crippen molar-refractivity contribution in [1.29, 1.82) is 0 Å². The Balaban J connectivity index is 1.68. The first-order chi connectivity index (χ1) is 13.0. The Labute approximate surface area is 161 Å². The van der Waals surface area contributed by atoms with E-state index in [9.17, 15) is 9.90 Å². The highest BCUT2D eigenvalue weighted by Gasteiger charge is 2.56. The summed E-state index contributed by atoms with van der Waals surface area (Å²) in [7, 11) is 0. The van der Waals surface area contributed by atoms with Gasteiger partial charge in [-0.15, -0.1) is 0 Å². The van der Waals surface area contributed by atoms with Crippen LogP contribution in [0.4, 0.5) is 5.69 Å². The minimum Gasteiger partial charge on any atom is -0.399 e. The molecule has 5 rings (SSSR count). The molecular formula is C24H29NO2. The number of carbonyl (C=O) groups excluding carboxylic acids is 1. The van der Waals surface area contributed by atoms with Crippen molar-refractivity contribution in [1.82, 2.24) is 0 Å². The molecule has 0 spiro atoms. The van der Waals surface area contributed by atoms with Crippen molar-refractivity contribution in [3.8, 4) is 0 Å². The zero-order valence-electron chi connectivity index (χ0n) is 16.1. The van der Waals surface area contributed by atoms with Crippen molar-refractivity contribution in [3.63, 3.8) is 0 Å². The van der Waals surface area contributed by atoms with E-state index in [0.29, 0.717) is 24.2 Å². The number of ketones is 1. The Kier molecular flexibility index (Phi) is 3.87. The Morgan fingerprint density at radius 2 is 1.85 bits per heavy atom. The zero-order chi connectivity index (χ0) is 18.8. The van der Waals surface area contributed by atoms with Crippen LogP contribution in [0.25, 0.3) is 0 Å². The van der Waals surface area contributed by atoms with E-state index >= 15 is 0 Å². The monoisotopic (exact) mass is 363 g/mol. The molecule has 3 nitrogen and oxygen atoms in total. The third kappa shape index (κ3) is 2.55. The summed E-state index contributed by atoms with van der Waals surface area (Å²) in [5.41, 5.74) is 12.4. The second kappa shape index (κ2) is 6.07. The van der Waals surface area contributed by atoms with Gasteiger partial charge in [0.05, 0.1) is 6.10 Å². The molecule has 0 aliphatic heterocycles. The summed E-state index contributed by atoms with van der Waals surface area (Å²) in [4.78, 5) is 12.0. The first-order valence-corrected chi connectivity index (χ1v) is 10.5. The van der Waals surface area contributed by atoms with Gasteiger partial charge in [0.1, 0.15) is 0 Å². The molecule has 27 heavy (non-hydrogen) atoms. The Morgan fingerprint density at radius 1 is 1.07 bits per heavy atom. The van der Waals surface area contributed by atoms with Crippen molar-refractivity contribution in [2.45, 2.75) is 63.9 Å². The normalized spacial score (nSPS) is 38.1.